The predicted molar refractivity (Wildman–Crippen MR) is 83.5 cm³/mol. The zero-order valence-corrected chi connectivity index (χ0v) is 12.8. The highest BCUT2D eigenvalue weighted by Gasteiger charge is 2.10. The molecule has 0 saturated carbocycles. The third kappa shape index (κ3) is 7.73. The molecule has 0 fully saturated rings. The molecule has 0 aliphatic rings. The first-order chi connectivity index (χ1) is 9.01. The zero-order chi connectivity index (χ0) is 14.1. The van der Waals surface area contributed by atoms with Crippen molar-refractivity contribution < 1.29 is 0 Å². The van der Waals surface area contributed by atoms with Crippen molar-refractivity contribution in [3.8, 4) is 5.92 Å². The second-order valence-corrected chi connectivity index (χ2v) is 6.64. The first-order valence-electron chi connectivity index (χ1n) is 7.49. The van der Waals surface area contributed by atoms with Crippen LogP contribution in [-0.4, -0.2) is 0 Å². The van der Waals surface area contributed by atoms with Gasteiger partial charge in [0.2, 0.25) is 0 Å². The van der Waals surface area contributed by atoms with Gasteiger partial charge in [-0.3, -0.25) is 0 Å². The summed E-state index contributed by atoms with van der Waals surface area (Å²) in [7, 11) is 0. The largest absolute Gasteiger partial charge is 0.0891 e. The van der Waals surface area contributed by atoms with Crippen LogP contribution in [0.25, 0.3) is 0 Å². The maximum absolute atomic E-state index is 6.85. The molecule has 1 rings (SSSR count). The van der Waals surface area contributed by atoms with E-state index in [2.05, 4.69) is 51.0 Å². The number of hydrogen-bond acceptors (Lipinski definition) is 0. The Morgan fingerprint density at radius 3 is 2.05 bits per heavy atom. The molecule has 103 valence electrons. The minimum atomic E-state index is 0.368. The first-order valence-corrected chi connectivity index (χ1v) is 7.49. The Kier molecular flexibility index (Phi) is 6.71. The van der Waals surface area contributed by atoms with E-state index in [1.165, 1.54) is 36.8 Å². The van der Waals surface area contributed by atoms with Gasteiger partial charge < -0.3 is 0 Å². The van der Waals surface area contributed by atoms with Crippen LogP contribution in [0.3, 0.4) is 0 Å². The van der Waals surface area contributed by atoms with E-state index in [1.807, 2.05) is 0 Å². The van der Waals surface area contributed by atoms with Crippen LogP contribution < -0.4 is 0 Å². The van der Waals surface area contributed by atoms with Crippen LogP contribution in [0.1, 0.15) is 64.0 Å². The molecule has 0 saturated heterocycles. The molecule has 0 atom stereocenters. The maximum atomic E-state index is 6.85. The molecule has 1 radical (unpaired) electrons. The predicted octanol–water partition coefficient (Wildman–Crippen LogP) is 5.36. The first kappa shape index (κ1) is 15.8. The summed E-state index contributed by atoms with van der Waals surface area (Å²) in [6.07, 6.45) is 14.9. The van der Waals surface area contributed by atoms with E-state index in [4.69, 9.17) is 6.42 Å². The molecule has 1 aromatic rings. The van der Waals surface area contributed by atoms with Gasteiger partial charge in [0.15, 0.2) is 0 Å². The molecule has 0 heterocycles. The number of rotatable bonds is 7. The van der Waals surface area contributed by atoms with Gasteiger partial charge in [-0.25, -0.2) is 0 Å². The molecular weight excluding hydrogens is 228 g/mol. The van der Waals surface area contributed by atoms with Crippen LogP contribution in [-0.2, 0) is 12.8 Å². The Morgan fingerprint density at radius 1 is 0.895 bits per heavy atom. The summed E-state index contributed by atoms with van der Waals surface area (Å²) in [6, 6.07) is 9.13. The molecule has 0 unspecified atom stereocenters. The van der Waals surface area contributed by atoms with E-state index < -0.39 is 0 Å². The lowest BCUT2D eigenvalue weighted by Gasteiger charge is -2.18. The quantitative estimate of drug-likeness (QED) is 0.454. The molecule has 0 bridgehead atoms. The standard InChI is InChI=1S/C19H27/c1-5-6-7-8-9-10-11-17-12-14-18(15-13-17)16-19(2,3)4/h12-15H,6-11,16H2,2-4H3. The van der Waals surface area contributed by atoms with Crippen molar-refractivity contribution in [1.29, 1.82) is 0 Å². The molecular formula is C19H27. The highest BCUT2D eigenvalue weighted by molar-refractivity contribution is 5.23. The van der Waals surface area contributed by atoms with E-state index in [0.717, 1.165) is 19.3 Å². The van der Waals surface area contributed by atoms with Crippen LogP contribution >= 0.6 is 0 Å². The molecule has 0 heteroatoms. The molecule has 0 aliphatic heterocycles. The van der Waals surface area contributed by atoms with Crippen LogP contribution in [0.5, 0.6) is 0 Å². The van der Waals surface area contributed by atoms with E-state index in [-0.39, 0.29) is 0 Å². The average molecular weight is 255 g/mol. The summed E-state index contributed by atoms with van der Waals surface area (Å²) in [5.41, 5.74) is 3.27. The van der Waals surface area contributed by atoms with Gasteiger partial charge in [-0.2, -0.15) is 0 Å². The molecule has 0 amide bonds. The highest BCUT2D eigenvalue weighted by atomic mass is 14.2. The van der Waals surface area contributed by atoms with Gasteiger partial charge in [0.1, 0.15) is 0 Å². The average Bonchev–Trinajstić information content (AvgIpc) is 2.34. The van der Waals surface area contributed by atoms with Crippen molar-refractivity contribution in [3.05, 3.63) is 41.8 Å². The maximum Gasteiger partial charge on any atom is 0.00989 e. The number of benzene rings is 1. The van der Waals surface area contributed by atoms with Crippen LogP contribution in [0.15, 0.2) is 24.3 Å². The molecule has 1 aromatic carbocycles. The Hall–Kier alpha value is -1.22. The minimum Gasteiger partial charge on any atom is -0.0891 e. The number of hydrogen-bond donors (Lipinski definition) is 0. The zero-order valence-electron chi connectivity index (χ0n) is 12.8. The van der Waals surface area contributed by atoms with Gasteiger partial charge in [0.25, 0.3) is 0 Å². The summed E-state index contributed by atoms with van der Waals surface area (Å²) in [6.45, 7) is 6.85. The lowest BCUT2D eigenvalue weighted by Crippen LogP contribution is -2.08. The number of aryl methyl sites for hydroxylation is 1. The topological polar surface area (TPSA) is 0 Å². The minimum absolute atomic E-state index is 0.368. The molecule has 19 heavy (non-hydrogen) atoms. The molecule has 0 spiro atoms. The van der Waals surface area contributed by atoms with Crippen molar-refractivity contribution in [2.45, 2.75) is 65.7 Å². The Balaban J connectivity index is 2.27. The van der Waals surface area contributed by atoms with Crippen molar-refractivity contribution in [3.63, 3.8) is 0 Å². The number of unbranched alkanes of at least 4 members (excludes halogenated alkanes) is 4. The Labute approximate surface area is 119 Å². The second kappa shape index (κ2) is 8.05. The van der Waals surface area contributed by atoms with Crippen LogP contribution in [0.4, 0.5) is 0 Å². The fourth-order valence-electron chi connectivity index (χ4n) is 2.33. The lowest BCUT2D eigenvalue weighted by atomic mass is 9.88. The van der Waals surface area contributed by atoms with Gasteiger partial charge in [-0.05, 0) is 48.6 Å². The van der Waals surface area contributed by atoms with Gasteiger partial charge in [0, 0.05) is 6.42 Å². The SMILES string of the molecule is [C]#CCCCCCCc1ccc(CC(C)(C)C)cc1. The van der Waals surface area contributed by atoms with Gasteiger partial charge in [-0.15, -0.1) is 0 Å². The summed E-state index contributed by atoms with van der Waals surface area (Å²) >= 11 is 0. The van der Waals surface area contributed by atoms with Crippen molar-refractivity contribution in [2.24, 2.45) is 5.41 Å². The molecule has 0 aliphatic carbocycles. The van der Waals surface area contributed by atoms with E-state index in [1.54, 1.807) is 0 Å². The normalized spacial score (nSPS) is 11.3. The van der Waals surface area contributed by atoms with E-state index >= 15 is 0 Å². The second-order valence-electron chi connectivity index (χ2n) is 6.64. The lowest BCUT2D eigenvalue weighted by molar-refractivity contribution is 0.411. The molecule has 0 N–H and O–H groups in total. The Bertz CT molecular complexity index is 384. The fraction of sp³-hybridized carbons (Fsp3) is 0.579. The summed E-state index contributed by atoms with van der Waals surface area (Å²) < 4.78 is 0. The third-order valence-electron chi connectivity index (χ3n) is 3.27. The van der Waals surface area contributed by atoms with E-state index in [0.29, 0.717) is 5.41 Å². The molecule has 0 nitrogen and oxygen atoms in total. The summed E-state index contributed by atoms with van der Waals surface area (Å²) in [5.74, 6) is 2.45. The fourth-order valence-corrected chi connectivity index (χ4v) is 2.33. The molecule has 0 aromatic heterocycles. The van der Waals surface area contributed by atoms with Crippen LogP contribution in [0, 0.1) is 17.8 Å². The highest BCUT2D eigenvalue weighted by Crippen LogP contribution is 2.21. The van der Waals surface area contributed by atoms with Gasteiger partial charge in [0.05, 0.1) is 0 Å². The summed E-state index contributed by atoms with van der Waals surface area (Å²) in [4.78, 5) is 0. The van der Waals surface area contributed by atoms with Gasteiger partial charge in [-0.1, -0.05) is 63.8 Å². The van der Waals surface area contributed by atoms with Crippen molar-refractivity contribution >= 4 is 0 Å². The summed E-state index contributed by atoms with van der Waals surface area (Å²) in [5, 5.41) is 0. The van der Waals surface area contributed by atoms with E-state index in [9.17, 15) is 0 Å². The smallest absolute Gasteiger partial charge is 0.00989 e. The van der Waals surface area contributed by atoms with Gasteiger partial charge >= 0.3 is 0 Å². The van der Waals surface area contributed by atoms with Crippen molar-refractivity contribution in [2.75, 3.05) is 0 Å². The third-order valence-corrected chi connectivity index (χ3v) is 3.27. The monoisotopic (exact) mass is 255 g/mol. The van der Waals surface area contributed by atoms with Crippen molar-refractivity contribution in [1.82, 2.24) is 0 Å². The Morgan fingerprint density at radius 2 is 1.47 bits per heavy atom. The van der Waals surface area contributed by atoms with Crippen LogP contribution in [0.2, 0.25) is 0 Å².